The second kappa shape index (κ2) is 7.67. The summed E-state index contributed by atoms with van der Waals surface area (Å²) < 4.78 is 16.3. The molecule has 0 aliphatic carbocycles. The first-order chi connectivity index (χ1) is 10.2. The van der Waals surface area contributed by atoms with Crippen LogP contribution in [0.25, 0.3) is 0 Å². The molecule has 2 aromatic rings. The predicted molar refractivity (Wildman–Crippen MR) is 80.4 cm³/mol. The Morgan fingerprint density at radius 2 is 1.86 bits per heavy atom. The average Bonchev–Trinajstić information content (AvgIpc) is 2.52. The van der Waals surface area contributed by atoms with Crippen LogP contribution < -0.4 is 9.47 Å². The minimum Gasteiger partial charge on any atom is -0.497 e. The van der Waals surface area contributed by atoms with Gasteiger partial charge in [-0.15, -0.1) is 0 Å². The van der Waals surface area contributed by atoms with Gasteiger partial charge in [0.2, 0.25) is 0 Å². The van der Waals surface area contributed by atoms with Gasteiger partial charge in [-0.25, -0.2) is 0 Å². The van der Waals surface area contributed by atoms with Crippen molar-refractivity contribution in [2.45, 2.75) is 19.6 Å². The summed E-state index contributed by atoms with van der Waals surface area (Å²) in [5.74, 6) is 1.25. The van der Waals surface area contributed by atoms with Crippen molar-refractivity contribution >= 4 is 0 Å². The molecule has 112 valence electrons. The molecule has 2 rings (SSSR count). The van der Waals surface area contributed by atoms with Gasteiger partial charge in [0, 0.05) is 11.6 Å². The summed E-state index contributed by atoms with van der Waals surface area (Å²) in [4.78, 5) is 0. The number of rotatable bonds is 7. The van der Waals surface area contributed by atoms with E-state index < -0.39 is 6.10 Å². The van der Waals surface area contributed by atoms with Crippen molar-refractivity contribution < 1.29 is 19.3 Å². The van der Waals surface area contributed by atoms with Crippen LogP contribution in [0.1, 0.15) is 24.2 Å². The van der Waals surface area contributed by atoms with Gasteiger partial charge < -0.3 is 19.3 Å². The van der Waals surface area contributed by atoms with Crippen LogP contribution >= 0.6 is 0 Å². The first-order valence-corrected chi connectivity index (χ1v) is 6.81. The third kappa shape index (κ3) is 4.48. The highest BCUT2D eigenvalue weighted by molar-refractivity contribution is 5.41. The summed E-state index contributed by atoms with van der Waals surface area (Å²) in [5.41, 5.74) is 1.79. The van der Waals surface area contributed by atoms with E-state index in [1.54, 1.807) is 32.2 Å². The van der Waals surface area contributed by atoms with E-state index in [2.05, 4.69) is 0 Å². The highest BCUT2D eigenvalue weighted by Crippen LogP contribution is 2.29. The van der Waals surface area contributed by atoms with Crippen LogP contribution in [-0.4, -0.2) is 19.0 Å². The van der Waals surface area contributed by atoms with Gasteiger partial charge in [-0.1, -0.05) is 30.3 Å². The SMILES string of the molecule is COc1ccc([C@H](C)O)c(OCOCc2ccccc2)c1. The summed E-state index contributed by atoms with van der Waals surface area (Å²) >= 11 is 0. The first kappa shape index (κ1) is 15.4. The fraction of sp³-hybridized carbons (Fsp3) is 0.294. The third-order valence-electron chi connectivity index (χ3n) is 3.08. The Bertz CT molecular complexity index is 552. The van der Waals surface area contributed by atoms with Crippen molar-refractivity contribution in [1.29, 1.82) is 0 Å². The number of hydrogen-bond donors (Lipinski definition) is 1. The molecule has 0 saturated carbocycles. The van der Waals surface area contributed by atoms with E-state index in [1.165, 1.54) is 0 Å². The quantitative estimate of drug-likeness (QED) is 0.627. The molecule has 1 N–H and O–H groups in total. The summed E-state index contributed by atoms with van der Waals surface area (Å²) in [5, 5.41) is 9.74. The number of hydrogen-bond acceptors (Lipinski definition) is 4. The highest BCUT2D eigenvalue weighted by Gasteiger charge is 2.10. The number of aliphatic hydroxyl groups is 1. The van der Waals surface area contributed by atoms with Crippen LogP contribution in [0.2, 0.25) is 0 Å². The molecule has 1 atom stereocenters. The third-order valence-corrected chi connectivity index (χ3v) is 3.08. The molecule has 0 radical (unpaired) electrons. The van der Waals surface area contributed by atoms with Gasteiger partial charge in [-0.05, 0) is 24.6 Å². The van der Waals surface area contributed by atoms with Crippen molar-refractivity contribution in [2.75, 3.05) is 13.9 Å². The molecule has 0 aromatic heterocycles. The lowest BCUT2D eigenvalue weighted by Gasteiger charge is -2.14. The highest BCUT2D eigenvalue weighted by atomic mass is 16.7. The fourth-order valence-electron chi connectivity index (χ4n) is 1.95. The van der Waals surface area contributed by atoms with Crippen LogP contribution in [0.3, 0.4) is 0 Å². The van der Waals surface area contributed by atoms with Crippen molar-refractivity contribution in [1.82, 2.24) is 0 Å². The summed E-state index contributed by atoms with van der Waals surface area (Å²) in [6.45, 7) is 2.29. The van der Waals surface area contributed by atoms with Crippen molar-refractivity contribution in [3.05, 3.63) is 59.7 Å². The smallest absolute Gasteiger partial charge is 0.189 e. The second-order valence-electron chi connectivity index (χ2n) is 4.68. The van der Waals surface area contributed by atoms with Gasteiger partial charge in [-0.2, -0.15) is 0 Å². The average molecular weight is 288 g/mol. The summed E-state index contributed by atoms with van der Waals surface area (Å²) in [6, 6.07) is 15.2. The zero-order valence-electron chi connectivity index (χ0n) is 12.3. The van der Waals surface area contributed by atoms with Crippen LogP contribution in [-0.2, 0) is 11.3 Å². The molecule has 0 fully saturated rings. The molecule has 0 bridgehead atoms. The Hall–Kier alpha value is -2.04. The normalized spacial score (nSPS) is 12.0. The number of methoxy groups -OCH3 is 1. The lowest BCUT2D eigenvalue weighted by Crippen LogP contribution is -2.06. The van der Waals surface area contributed by atoms with Gasteiger partial charge >= 0.3 is 0 Å². The Morgan fingerprint density at radius 1 is 1.10 bits per heavy atom. The molecule has 0 aliphatic heterocycles. The summed E-state index contributed by atoms with van der Waals surface area (Å²) in [6.07, 6.45) is -0.611. The van der Waals surface area contributed by atoms with E-state index in [4.69, 9.17) is 14.2 Å². The topological polar surface area (TPSA) is 47.9 Å². The number of ether oxygens (including phenoxy) is 3. The minimum atomic E-state index is -0.611. The minimum absolute atomic E-state index is 0.113. The van der Waals surface area contributed by atoms with Crippen LogP contribution in [0.5, 0.6) is 11.5 Å². The number of benzene rings is 2. The van der Waals surface area contributed by atoms with E-state index in [1.807, 2.05) is 30.3 Å². The van der Waals surface area contributed by atoms with Crippen molar-refractivity contribution in [3.8, 4) is 11.5 Å². The molecule has 0 heterocycles. The molecular weight excluding hydrogens is 268 g/mol. The van der Waals surface area contributed by atoms with Crippen LogP contribution in [0.4, 0.5) is 0 Å². The Morgan fingerprint density at radius 3 is 2.52 bits per heavy atom. The lowest BCUT2D eigenvalue weighted by molar-refractivity contribution is 0.00333. The number of aliphatic hydroxyl groups excluding tert-OH is 1. The van der Waals surface area contributed by atoms with E-state index >= 15 is 0 Å². The van der Waals surface area contributed by atoms with Gasteiger partial charge in [0.25, 0.3) is 0 Å². The Balaban J connectivity index is 1.92. The standard InChI is InChI=1S/C17H20O4/c1-13(18)16-9-8-15(19-2)10-17(16)21-12-20-11-14-6-4-3-5-7-14/h3-10,13,18H,11-12H2,1-2H3/t13-/m0/s1. The molecule has 0 spiro atoms. The van der Waals surface area contributed by atoms with Crippen molar-refractivity contribution in [3.63, 3.8) is 0 Å². The lowest BCUT2D eigenvalue weighted by atomic mass is 10.1. The molecule has 2 aromatic carbocycles. The molecule has 0 aliphatic rings. The maximum atomic E-state index is 9.74. The van der Waals surface area contributed by atoms with Crippen LogP contribution in [0.15, 0.2) is 48.5 Å². The van der Waals surface area contributed by atoms with Gasteiger partial charge in [0.15, 0.2) is 6.79 Å². The van der Waals surface area contributed by atoms with Gasteiger partial charge in [-0.3, -0.25) is 0 Å². The Labute approximate surface area is 124 Å². The maximum Gasteiger partial charge on any atom is 0.189 e. The van der Waals surface area contributed by atoms with Gasteiger partial charge in [0.05, 0.1) is 19.8 Å². The molecule has 0 amide bonds. The largest absolute Gasteiger partial charge is 0.497 e. The van der Waals surface area contributed by atoms with E-state index in [0.717, 1.165) is 5.56 Å². The molecule has 21 heavy (non-hydrogen) atoms. The maximum absolute atomic E-state index is 9.74. The molecule has 4 heteroatoms. The van der Waals surface area contributed by atoms with E-state index in [9.17, 15) is 5.11 Å². The van der Waals surface area contributed by atoms with Gasteiger partial charge in [0.1, 0.15) is 11.5 Å². The monoisotopic (exact) mass is 288 g/mol. The molecular formula is C17H20O4. The van der Waals surface area contributed by atoms with Crippen LogP contribution in [0, 0.1) is 0 Å². The molecule has 4 nitrogen and oxygen atoms in total. The first-order valence-electron chi connectivity index (χ1n) is 6.81. The fourth-order valence-corrected chi connectivity index (χ4v) is 1.95. The summed E-state index contributed by atoms with van der Waals surface area (Å²) in [7, 11) is 1.59. The zero-order valence-corrected chi connectivity index (χ0v) is 12.3. The molecule has 0 saturated heterocycles. The van der Waals surface area contributed by atoms with E-state index in [-0.39, 0.29) is 6.79 Å². The predicted octanol–water partition coefficient (Wildman–Crippen LogP) is 3.30. The second-order valence-corrected chi connectivity index (χ2v) is 4.68. The Kier molecular flexibility index (Phi) is 5.60. The zero-order chi connectivity index (χ0) is 15.1. The van der Waals surface area contributed by atoms with E-state index in [0.29, 0.717) is 23.7 Å². The molecule has 0 unspecified atom stereocenters. The van der Waals surface area contributed by atoms with Crippen molar-refractivity contribution in [2.24, 2.45) is 0 Å².